The second kappa shape index (κ2) is 5.94. The van der Waals surface area contributed by atoms with Gasteiger partial charge < -0.3 is 29.4 Å². The maximum Gasteiger partial charge on any atom is 0.488 e. The molecule has 0 bridgehead atoms. The van der Waals surface area contributed by atoms with Gasteiger partial charge in [0.05, 0.1) is 11.2 Å². The lowest BCUT2D eigenvalue weighted by molar-refractivity contribution is -0.0696. The van der Waals surface area contributed by atoms with Crippen molar-refractivity contribution in [2.24, 2.45) is 17.8 Å². The molecule has 2 rings (SSSR count). The number of phosphoric acid groups is 2. The van der Waals surface area contributed by atoms with Crippen LogP contribution in [0.5, 0.6) is 0 Å². The highest BCUT2D eigenvalue weighted by Crippen LogP contribution is 2.70. The van der Waals surface area contributed by atoms with Crippen LogP contribution in [0, 0.1) is 17.8 Å². The van der Waals surface area contributed by atoms with Crippen molar-refractivity contribution in [1.29, 1.82) is 0 Å². The van der Waals surface area contributed by atoms with Gasteiger partial charge in [-0.3, -0.25) is 4.57 Å². The highest BCUT2D eigenvalue weighted by Gasteiger charge is 2.73. The molecule has 5 N–H and O–H groups in total. The Morgan fingerprint density at radius 2 is 1.62 bits per heavy atom. The topological polar surface area (TPSA) is 180 Å². The van der Waals surface area contributed by atoms with E-state index in [1.807, 2.05) is 6.92 Å². The minimum atomic E-state index is -5.46. The van der Waals surface area contributed by atoms with E-state index in [1.54, 1.807) is 13.8 Å². The Hall–Kier alpha value is 0.370. The summed E-state index contributed by atoms with van der Waals surface area (Å²) in [6.45, 7) is 5.22. The van der Waals surface area contributed by atoms with Crippen molar-refractivity contribution in [3.05, 3.63) is 0 Å². The molecule has 2 fully saturated rings. The SMILES string of the molecule is C[C@@H]1[C@H]2C[C@@]2(OCP(=O)(O)OP(=O)(O)OP(=O)(O)O)[C@@H](C)[C@@]1(C)O. The molecule has 0 heterocycles. The van der Waals surface area contributed by atoms with Gasteiger partial charge in [-0.05, 0) is 25.2 Å². The molecule has 0 amide bonds. The summed E-state index contributed by atoms with van der Waals surface area (Å²) in [6.07, 6.45) is -0.424. The zero-order chi connectivity index (χ0) is 18.8. The third kappa shape index (κ3) is 4.03. The summed E-state index contributed by atoms with van der Waals surface area (Å²) >= 11 is 0. The van der Waals surface area contributed by atoms with Crippen molar-refractivity contribution in [2.45, 2.75) is 38.4 Å². The fourth-order valence-corrected chi connectivity index (χ4v) is 6.85. The molecule has 2 saturated carbocycles. The Kier molecular flexibility index (Phi) is 5.12. The van der Waals surface area contributed by atoms with E-state index in [1.165, 1.54) is 0 Å². The average Bonchev–Trinajstić information content (AvgIpc) is 3.02. The van der Waals surface area contributed by atoms with Gasteiger partial charge in [-0.15, -0.1) is 0 Å². The molecule has 0 aromatic carbocycles. The average molecular weight is 410 g/mol. The van der Waals surface area contributed by atoms with Crippen molar-refractivity contribution in [3.63, 3.8) is 0 Å². The molecule has 0 aromatic heterocycles. The quantitative estimate of drug-likeness (QED) is 0.380. The Bertz CT molecular complexity index is 656. The number of ether oxygens (including phenoxy) is 1. The molecule has 0 spiro atoms. The minimum absolute atomic E-state index is 0.0326. The summed E-state index contributed by atoms with van der Waals surface area (Å²) in [5, 5.41) is 10.4. The fraction of sp³-hybridized carbons (Fsp3) is 1.00. The molecule has 11 nitrogen and oxygen atoms in total. The van der Waals surface area contributed by atoms with Crippen LogP contribution in [0.3, 0.4) is 0 Å². The van der Waals surface area contributed by atoms with Crippen LogP contribution in [-0.4, -0.2) is 42.2 Å². The highest BCUT2D eigenvalue weighted by atomic mass is 31.3. The van der Waals surface area contributed by atoms with E-state index in [0.717, 1.165) is 0 Å². The Morgan fingerprint density at radius 1 is 1.08 bits per heavy atom. The molecule has 7 atom stereocenters. The summed E-state index contributed by atoms with van der Waals surface area (Å²) in [5.74, 6) is -0.486. The van der Waals surface area contributed by atoms with Crippen LogP contribution >= 0.6 is 23.2 Å². The van der Waals surface area contributed by atoms with Crippen molar-refractivity contribution >= 4 is 23.2 Å². The van der Waals surface area contributed by atoms with Crippen LogP contribution in [0.2, 0.25) is 0 Å². The number of hydrogen-bond donors (Lipinski definition) is 5. The van der Waals surface area contributed by atoms with Crippen LogP contribution in [0.4, 0.5) is 0 Å². The summed E-state index contributed by atoms with van der Waals surface area (Å²) in [5.41, 5.74) is -1.87. The van der Waals surface area contributed by atoms with E-state index < -0.39 is 40.8 Å². The van der Waals surface area contributed by atoms with Crippen molar-refractivity contribution in [3.8, 4) is 0 Å². The van der Waals surface area contributed by atoms with Crippen LogP contribution in [0.15, 0.2) is 0 Å². The molecule has 0 aromatic rings. The van der Waals surface area contributed by atoms with Gasteiger partial charge in [0.25, 0.3) is 0 Å². The number of rotatable bonds is 7. The van der Waals surface area contributed by atoms with E-state index in [9.17, 15) is 23.7 Å². The van der Waals surface area contributed by atoms with Gasteiger partial charge in [0.15, 0.2) is 0 Å². The molecule has 24 heavy (non-hydrogen) atoms. The second-order valence-electron chi connectivity index (χ2n) is 6.54. The molecule has 0 aliphatic heterocycles. The largest absolute Gasteiger partial charge is 0.488 e. The number of hydrogen-bond acceptors (Lipinski definition) is 7. The maximum absolute atomic E-state index is 11.9. The first-order valence-electron chi connectivity index (χ1n) is 7.02. The van der Waals surface area contributed by atoms with E-state index in [4.69, 9.17) is 19.4 Å². The zero-order valence-electron chi connectivity index (χ0n) is 13.2. The zero-order valence-corrected chi connectivity index (χ0v) is 15.9. The summed E-state index contributed by atoms with van der Waals surface area (Å²) in [4.78, 5) is 35.7. The van der Waals surface area contributed by atoms with E-state index in [2.05, 4.69) is 8.62 Å². The Labute approximate surface area is 138 Å². The Balaban J connectivity index is 2.01. The summed E-state index contributed by atoms with van der Waals surface area (Å²) in [6, 6.07) is 0. The predicted octanol–water partition coefficient (Wildman–Crippen LogP) is 1.17. The molecule has 2 aliphatic carbocycles. The molecular formula is C10H21O11P3. The molecule has 2 aliphatic rings. The van der Waals surface area contributed by atoms with E-state index in [0.29, 0.717) is 6.42 Å². The van der Waals surface area contributed by atoms with Crippen molar-refractivity contribution in [2.75, 3.05) is 6.35 Å². The van der Waals surface area contributed by atoms with E-state index >= 15 is 0 Å². The van der Waals surface area contributed by atoms with Crippen LogP contribution in [-0.2, 0) is 27.1 Å². The number of aliphatic hydroxyl groups is 1. The summed E-state index contributed by atoms with van der Waals surface area (Å²) < 4.78 is 46.6. The van der Waals surface area contributed by atoms with Gasteiger partial charge in [0.2, 0.25) is 0 Å². The third-order valence-corrected chi connectivity index (χ3v) is 9.06. The van der Waals surface area contributed by atoms with Gasteiger partial charge in [0.1, 0.15) is 6.35 Å². The molecular weight excluding hydrogens is 389 g/mol. The van der Waals surface area contributed by atoms with Gasteiger partial charge in [0, 0.05) is 5.92 Å². The van der Waals surface area contributed by atoms with Crippen LogP contribution < -0.4 is 0 Å². The first-order valence-corrected chi connectivity index (χ1v) is 11.8. The second-order valence-corrected chi connectivity index (χ2v) is 11.3. The van der Waals surface area contributed by atoms with E-state index in [-0.39, 0.29) is 17.8 Å². The molecule has 14 heteroatoms. The first kappa shape index (κ1) is 20.7. The maximum atomic E-state index is 11.9. The molecule has 0 saturated heterocycles. The molecule has 2 unspecified atom stereocenters. The predicted molar refractivity (Wildman–Crippen MR) is 79.6 cm³/mol. The lowest BCUT2D eigenvalue weighted by Gasteiger charge is -2.33. The molecule has 0 radical (unpaired) electrons. The Morgan fingerprint density at radius 3 is 2.04 bits per heavy atom. The van der Waals surface area contributed by atoms with Crippen LogP contribution in [0.25, 0.3) is 0 Å². The fourth-order valence-electron chi connectivity index (χ4n) is 3.51. The lowest BCUT2D eigenvalue weighted by atomic mass is 9.82. The van der Waals surface area contributed by atoms with Gasteiger partial charge in [-0.25, -0.2) is 13.4 Å². The summed E-state index contributed by atoms with van der Waals surface area (Å²) in [7, 11) is -15.7. The van der Waals surface area contributed by atoms with Gasteiger partial charge in [-0.1, -0.05) is 13.8 Å². The van der Waals surface area contributed by atoms with Crippen LogP contribution in [0.1, 0.15) is 27.2 Å². The van der Waals surface area contributed by atoms with Gasteiger partial charge >= 0.3 is 23.2 Å². The molecule has 142 valence electrons. The lowest BCUT2D eigenvalue weighted by Crippen LogP contribution is -2.40. The first-order chi connectivity index (χ1) is 10.5. The van der Waals surface area contributed by atoms with Crippen molar-refractivity contribution in [1.82, 2.24) is 0 Å². The van der Waals surface area contributed by atoms with Crippen molar-refractivity contribution < 1.29 is 51.7 Å². The smallest absolute Gasteiger partial charge is 0.389 e. The third-order valence-electron chi connectivity index (χ3n) is 5.08. The normalized spacial score (nSPS) is 43.8. The number of fused-ring (bicyclic) bond motifs is 1. The minimum Gasteiger partial charge on any atom is -0.389 e. The highest BCUT2D eigenvalue weighted by molar-refractivity contribution is 7.68. The van der Waals surface area contributed by atoms with Gasteiger partial charge in [-0.2, -0.15) is 4.31 Å². The monoisotopic (exact) mass is 410 g/mol. The standard InChI is InChI=1S/C10H21O11P3/c1-6-8-4-10(8,7(2)9(6,3)11)19-5-22(12,13)20-24(17,18)21-23(14,15)16/h6-8,11H,4-5H2,1-3H3,(H,12,13)(H,17,18)(H2,14,15,16)/t6-,7+,8-,9+,10-/m1/s1.